The van der Waals surface area contributed by atoms with E-state index in [9.17, 15) is 28.0 Å². The SMILES string of the molecule is Cc1cnn2c1-c1cc(C(=O)C[C@H](CN)Cc3cccc(F)c3)sc1CCC2.Cc1cnn2c1-c1cc(C(=O)C[C@H](CN)Cc3cccc(F)c3)sc1CCC2.O=C(O)/C=C\C(=O)O.S.S. The largest absolute Gasteiger partial charge is 0.478 e. The number of nitrogens with zero attached hydrogens (tertiary/aromatic N) is 4. The van der Waals surface area contributed by atoms with E-state index in [2.05, 4.69) is 33.4 Å². The quantitative estimate of drug-likeness (QED) is 0.0605. The fourth-order valence-corrected chi connectivity index (χ4v) is 10.3. The van der Waals surface area contributed by atoms with E-state index in [0.717, 1.165) is 93.3 Å². The molecule has 18 heteroatoms. The Labute approximate surface area is 404 Å². The second-order valence-electron chi connectivity index (χ2n) is 16.0. The number of carbonyl (C=O) groups is 4. The van der Waals surface area contributed by atoms with Gasteiger partial charge in [-0.25, -0.2) is 18.4 Å². The van der Waals surface area contributed by atoms with Crippen molar-refractivity contribution in [2.75, 3.05) is 13.1 Å². The molecule has 0 amide bonds. The molecule has 2 aromatic carbocycles. The Bertz CT molecular complexity index is 2480. The van der Waals surface area contributed by atoms with Crippen molar-refractivity contribution < 1.29 is 38.2 Å². The molecule has 66 heavy (non-hydrogen) atoms. The molecule has 0 saturated heterocycles. The van der Waals surface area contributed by atoms with Crippen molar-refractivity contribution in [3.63, 3.8) is 0 Å². The van der Waals surface area contributed by atoms with E-state index in [0.29, 0.717) is 50.9 Å². The summed E-state index contributed by atoms with van der Waals surface area (Å²) >= 11 is 3.20. The first-order valence-electron chi connectivity index (χ1n) is 21.1. The summed E-state index contributed by atoms with van der Waals surface area (Å²) in [5.74, 6) is -2.78. The third kappa shape index (κ3) is 14.1. The number of halogens is 2. The van der Waals surface area contributed by atoms with Crippen LogP contribution in [0.2, 0.25) is 0 Å². The molecule has 12 nitrogen and oxygen atoms in total. The first-order valence-corrected chi connectivity index (χ1v) is 22.8. The lowest BCUT2D eigenvalue weighted by atomic mass is 9.93. The zero-order valence-corrected chi connectivity index (χ0v) is 40.4. The highest BCUT2D eigenvalue weighted by Crippen LogP contribution is 2.39. The van der Waals surface area contributed by atoms with Gasteiger partial charge in [-0.3, -0.25) is 19.0 Å². The van der Waals surface area contributed by atoms with Crippen molar-refractivity contribution in [3.05, 3.63) is 139 Å². The highest BCUT2D eigenvalue weighted by molar-refractivity contribution is 7.59. The molecule has 2 aliphatic heterocycles. The Morgan fingerprint density at radius 3 is 1.42 bits per heavy atom. The van der Waals surface area contributed by atoms with Gasteiger partial charge in [0, 0.05) is 59.0 Å². The van der Waals surface area contributed by atoms with Crippen molar-refractivity contribution in [2.24, 2.45) is 23.3 Å². The van der Waals surface area contributed by atoms with Crippen LogP contribution in [0.4, 0.5) is 8.78 Å². The van der Waals surface area contributed by atoms with E-state index in [1.807, 2.05) is 36.7 Å². The molecular weight excluding hydrogens is 923 g/mol. The molecule has 352 valence electrons. The zero-order chi connectivity index (χ0) is 45.9. The Balaban J connectivity index is 0.000000242. The molecule has 0 fully saturated rings. The van der Waals surface area contributed by atoms with Gasteiger partial charge in [-0.1, -0.05) is 24.3 Å². The highest BCUT2D eigenvalue weighted by atomic mass is 32.1. The Hall–Kier alpha value is -5.24. The number of aromatic nitrogens is 4. The number of benzene rings is 2. The summed E-state index contributed by atoms with van der Waals surface area (Å²) in [5, 5.41) is 24.6. The van der Waals surface area contributed by atoms with E-state index in [1.165, 1.54) is 34.0 Å². The van der Waals surface area contributed by atoms with E-state index in [1.54, 1.807) is 34.8 Å². The van der Waals surface area contributed by atoms with Crippen molar-refractivity contribution in [3.8, 4) is 22.5 Å². The molecule has 0 saturated carbocycles. The van der Waals surface area contributed by atoms with Gasteiger partial charge >= 0.3 is 11.9 Å². The van der Waals surface area contributed by atoms with E-state index < -0.39 is 11.9 Å². The van der Waals surface area contributed by atoms with Crippen molar-refractivity contribution in [2.45, 2.75) is 78.3 Å². The number of thiophene rings is 2. The van der Waals surface area contributed by atoms with Crippen LogP contribution in [0, 0.1) is 37.3 Å². The number of aryl methyl sites for hydroxylation is 6. The first-order chi connectivity index (χ1) is 30.7. The molecule has 0 bridgehead atoms. The average Bonchev–Trinajstić information content (AvgIpc) is 4.01. The maximum absolute atomic E-state index is 13.4. The predicted octanol–water partition coefficient (Wildman–Crippen LogP) is 8.73. The van der Waals surface area contributed by atoms with E-state index >= 15 is 0 Å². The molecule has 2 aliphatic rings. The van der Waals surface area contributed by atoms with Crippen molar-refractivity contribution in [1.29, 1.82) is 0 Å². The third-order valence-electron chi connectivity index (χ3n) is 11.1. The molecule has 0 unspecified atom stereocenters. The minimum Gasteiger partial charge on any atom is -0.478 e. The molecular formula is C48H56F2N6O6S4. The third-order valence-corrected chi connectivity index (χ3v) is 13.6. The Kier molecular flexibility index (Phi) is 20.3. The molecule has 6 N–H and O–H groups in total. The summed E-state index contributed by atoms with van der Waals surface area (Å²) in [5.41, 5.74) is 20.5. The minimum atomic E-state index is -1.26. The maximum atomic E-state index is 13.4. The fraction of sp³-hybridized carbons (Fsp3) is 0.333. The number of carboxylic acid groups (broad SMARTS) is 2. The van der Waals surface area contributed by atoms with Gasteiger partial charge in [-0.15, -0.1) is 22.7 Å². The topological polar surface area (TPSA) is 196 Å². The number of fused-ring (bicyclic) bond motifs is 6. The number of aliphatic carboxylic acids is 2. The maximum Gasteiger partial charge on any atom is 0.328 e. The molecule has 0 aliphatic carbocycles. The van der Waals surface area contributed by atoms with Gasteiger partial charge < -0.3 is 21.7 Å². The van der Waals surface area contributed by atoms with Crippen LogP contribution in [0.25, 0.3) is 22.5 Å². The van der Waals surface area contributed by atoms with Crippen LogP contribution in [0.5, 0.6) is 0 Å². The molecule has 6 aromatic rings. The monoisotopic (exact) mass is 978 g/mol. The number of hydrogen-bond acceptors (Lipinski definition) is 10. The lowest BCUT2D eigenvalue weighted by molar-refractivity contribution is -0.134. The van der Waals surface area contributed by atoms with Crippen molar-refractivity contribution in [1.82, 2.24) is 19.6 Å². The van der Waals surface area contributed by atoms with Crippen LogP contribution in [0.1, 0.15) is 77.0 Å². The van der Waals surface area contributed by atoms with Gasteiger partial charge in [0.15, 0.2) is 11.6 Å². The van der Waals surface area contributed by atoms with Crippen LogP contribution >= 0.6 is 49.7 Å². The molecule has 8 rings (SSSR count). The Morgan fingerprint density at radius 1 is 0.682 bits per heavy atom. The summed E-state index contributed by atoms with van der Waals surface area (Å²) in [6.07, 6.45) is 10.9. The number of ketones is 2. The van der Waals surface area contributed by atoms with Gasteiger partial charge in [-0.05, 0) is 136 Å². The average molecular weight is 979 g/mol. The van der Waals surface area contributed by atoms with Crippen molar-refractivity contribution >= 4 is 73.2 Å². The highest BCUT2D eigenvalue weighted by Gasteiger charge is 2.26. The number of nitrogens with two attached hydrogens (primary N) is 2. The normalized spacial score (nSPS) is 13.2. The Morgan fingerprint density at radius 2 is 1.08 bits per heavy atom. The van der Waals surface area contributed by atoms with Gasteiger partial charge in [-0.2, -0.15) is 37.2 Å². The second-order valence-corrected chi connectivity index (χ2v) is 18.3. The smallest absolute Gasteiger partial charge is 0.328 e. The van der Waals surface area contributed by atoms with Crippen LogP contribution in [-0.4, -0.2) is 66.4 Å². The summed E-state index contributed by atoms with van der Waals surface area (Å²) in [4.78, 5) is 49.1. The van der Waals surface area contributed by atoms with E-state index in [4.69, 9.17) is 21.7 Å². The molecule has 6 heterocycles. The molecule has 0 spiro atoms. The van der Waals surface area contributed by atoms with Gasteiger partial charge in [0.05, 0.1) is 33.5 Å². The minimum absolute atomic E-state index is 0. The summed E-state index contributed by atoms with van der Waals surface area (Å²) in [6.45, 7) is 6.76. The molecule has 2 atom stereocenters. The van der Waals surface area contributed by atoms with E-state index in [-0.39, 0.29) is 62.0 Å². The predicted molar refractivity (Wildman–Crippen MR) is 266 cm³/mol. The zero-order valence-electron chi connectivity index (χ0n) is 36.8. The number of carbonyl (C=O) groups excluding carboxylic acids is 2. The molecule has 0 radical (unpaired) electrons. The standard InChI is InChI=1S/2C22H24FN3OS.C4H4O4.2H2S/c2*1-14-13-25-26-7-3-6-20-18(22(14)26)11-21(28-20)19(27)10-16(12-24)8-15-4-2-5-17(23)9-15;5-3(6)1-2-4(7)8;;/h2*2,4-5,9,11,13,16H,3,6-8,10,12,24H2,1H3;1-2H,(H,5,6)(H,7,8);2*1H2/b;;2-1-;;/t2*16-;;;/m11.../s1. The van der Waals surface area contributed by atoms with Gasteiger partial charge in [0.25, 0.3) is 0 Å². The molecule has 4 aromatic heterocycles. The number of carboxylic acids is 2. The van der Waals surface area contributed by atoms with Crippen LogP contribution in [0.3, 0.4) is 0 Å². The second kappa shape index (κ2) is 25.0. The van der Waals surface area contributed by atoms with Gasteiger partial charge in [0.2, 0.25) is 0 Å². The van der Waals surface area contributed by atoms with Gasteiger partial charge in [0.1, 0.15) is 11.6 Å². The first kappa shape index (κ1) is 53.4. The lowest BCUT2D eigenvalue weighted by Crippen LogP contribution is -2.20. The lowest BCUT2D eigenvalue weighted by Gasteiger charge is -2.13. The number of rotatable bonds is 14. The number of hydrogen-bond donors (Lipinski definition) is 4. The summed E-state index contributed by atoms with van der Waals surface area (Å²) < 4.78 is 31.0. The van der Waals surface area contributed by atoms with Crippen LogP contribution in [-0.2, 0) is 48.4 Å². The summed E-state index contributed by atoms with van der Waals surface area (Å²) in [6, 6.07) is 17.1. The summed E-state index contributed by atoms with van der Waals surface area (Å²) in [7, 11) is 0. The fourth-order valence-electron chi connectivity index (χ4n) is 8.02. The van der Waals surface area contributed by atoms with Crippen LogP contribution < -0.4 is 11.5 Å². The number of Topliss-reactive ketones (excluding diaryl/α,β-unsaturated/α-hetero) is 2. The van der Waals surface area contributed by atoms with Crippen LogP contribution in [0.15, 0.2) is 85.2 Å².